The summed E-state index contributed by atoms with van der Waals surface area (Å²) in [6.07, 6.45) is 3.11. The molecule has 0 aliphatic rings. The van der Waals surface area contributed by atoms with Crippen molar-refractivity contribution in [2.75, 3.05) is 4.30 Å². The van der Waals surface area contributed by atoms with Gasteiger partial charge in [0.2, 0.25) is 0 Å². The summed E-state index contributed by atoms with van der Waals surface area (Å²) < 4.78 is 3.92. The largest absolute Gasteiger partial charge is 0.476 e. The second-order valence-corrected chi connectivity index (χ2v) is 10.9. The van der Waals surface area contributed by atoms with E-state index in [1.54, 1.807) is 0 Å². The van der Waals surface area contributed by atoms with Crippen molar-refractivity contribution in [1.29, 1.82) is 0 Å². The molecule has 0 atom stereocenters. The average Bonchev–Trinajstić information content (AvgIpc) is 2.73. The van der Waals surface area contributed by atoms with Gasteiger partial charge in [-0.3, -0.25) is 4.99 Å². The molecule has 0 radical (unpaired) electrons. The molecule has 3 aromatic rings. The van der Waals surface area contributed by atoms with Gasteiger partial charge in [-0.15, -0.1) is 0 Å². The van der Waals surface area contributed by atoms with Crippen LogP contribution in [0.5, 0.6) is 0 Å². The molecule has 2 nitrogen and oxygen atoms in total. The average molecular weight is 399 g/mol. The monoisotopic (exact) mass is 398 g/mol. The molecule has 0 spiro atoms. The molecule has 0 fully saturated rings. The summed E-state index contributed by atoms with van der Waals surface area (Å²) in [5.74, 6) is 0. The van der Waals surface area contributed by atoms with E-state index in [9.17, 15) is 0 Å². The maximum atomic E-state index is 4.69. The fourth-order valence-corrected chi connectivity index (χ4v) is 5.90. The number of nitrogens with one attached hydrogen (secondary N) is 1. The molecule has 29 heavy (non-hydrogen) atoms. The van der Waals surface area contributed by atoms with Crippen LogP contribution >= 0.6 is 0 Å². The summed E-state index contributed by atoms with van der Waals surface area (Å²) in [6, 6.07) is 23.6. The molecular weight excluding hydrogens is 367 g/mol. The van der Waals surface area contributed by atoms with Crippen molar-refractivity contribution in [3.05, 3.63) is 94.5 Å². The van der Waals surface area contributed by atoms with Crippen LogP contribution in [0.3, 0.4) is 0 Å². The highest BCUT2D eigenvalue weighted by Crippen LogP contribution is 2.22. The molecule has 0 aliphatic heterocycles. The highest BCUT2D eigenvalue weighted by molar-refractivity contribution is 6.62. The molecule has 0 aliphatic carbocycles. The molecule has 0 aromatic heterocycles. The Morgan fingerprint density at radius 3 is 2.24 bits per heavy atom. The first-order chi connectivity index (χ1) is 14.1. The summed E-state index contributed by atoms with van der Waals surface area (Å²) in [4.78, 5) is 4.69. The molecule has 0 saturated carbocycles. The number of aryl methyl sites for hydroxylation is 4. The molecule has 3 heteroatoms. The minimum atomic E-state index is -1.07. The van der Waals surface area contributed by atoms with E-state index in [4.69, 9.17) is 0 Å². The van der Waals surface area contributed by atoms with E-state index in [1.165, 1.54) is 44.1 Å². The Morgan fingerprint density at radius 1 is 0.862 bits per heavy atom. The molecule has 0 heterocycles. The molecule has 0 unspecified atom stereocenters. The van der Waals surface area contributed by atoms with Gasteiger partial charge in [-0.2, -0.15) is 0 Å². The molecule has 148 valence electrons. The lowest BCUT2D eigenvalue weighted by Gasteiger charge is -2.18. The van der Waals surface area contributed by atoms with E-state index in [-0.39, 0.29) is 0 Å². The fraction of sp³-hybridized carbons (Fsp3) is 0.269. The van der Waals surface area contributed by atoms with Crippen LogP contribution in [0.2, 0.25) is 10.6 Å². The van der Waals surface area contributed by atoms with Gasteiger partial charge in [0.25, 0.3) is 0 Å². The third-order valence-electron chi connectivity index (χ3n) is 5.53. The molecule has 0 bridgehead atoms. The van der Waals surface area contributed by atoms with Crippen molar-refractivity contribution in [3.63, 3.8) is 0 Å². The van der Waals surface area contributed by atoms with Crippen molar-refractivity contribution in [2.45, 2.75) is 44.7 Å². The minimum Gasteiger partial charge on any atom is -0.476 e. The maximum Gasteiger partial charge on any atom is 0.411 e. The molecule has 1 N–H and O–H groups in total. The first kappa shape index (κ1) is 21.4. The van der Waals surface area contributed by atoms with E-state index in [0.29, 0.717) is 0 Å². The predicted octanol–water partition coefficient (Wildman–Crippen LogP) is 7.03. The van der Waals surface area contributed by atoms with Crippen molar-refractivity contribution in [3.8, 4) is 0 Å². The molecule has 3 aromatic carbocycles. The lowest BCUT2D eigenvalue weighted by atomic mass is 10.1. The van der Waals surface area contributed by atoms with Crippen molar-refractivity contribution in [1.82, 2.24) is 0 Å². The fourth-order valence-electron chi connectivity index (χ4n) is 3.62. The number of anilines is 1. The van der Waals surface area contributed by atoms with E-state index < -0.39 is 14.4 Å². The third-order valence-corrected chi connectivity index (χ3v) is 8.19. The maximum absolute atomic E-state index is 4.69. The number of hydrogen-bond acceptors (Lipinski definition) is 2. The number of para-hydroxylation sites is 1. The van der Waals surface area contributed by atoms with Crippen LogP contribution in [0.4, 0.5) is 11.4 Å². The number of aliphatic imine (C=N–C) groups is 1. The smallest absolute Gasteiger partial charge is 0.411 e. The molecule has 3 rings (SSSR count). The second kappa shape index (κ2) is 10.4. The Kier molecular flexibility index (Phi) is 7.70. The van der Waals surface area contributed by atoms with Crippen LogP contribution < -0.4 is 4.30 Å². The van der Waals surface area contributed by atoms with Crippen LogP contribution in [-0.4, -0.2) is 20.6 Å². The van der Waals surface area contributed by atoms with Crippen LogP contribution in [0.15, 0.2) is 71.7 Å². The van der Waals surface area contributed by atoms with E-state index >= 15 is 0 Å². The molecule has 0 amide bonds. The van der Waals surface area contributed by atoms with Crippen LogP contribution in [0.25, 0.3) is 0 Å². The van der Waals surface area contributed by atoms with Gasteiger partial charge in [0.15, 0.2) is 0 Å². The first-order valence-corrected chi connectivity index (χ1v) is 12.8. The zero-order chi connectivity index (χ0) is 20.6. The number of hydrogen-bond donors (Lipinski definition) is 1. The number of nitrogens with zero attached hydrogens (tertiary/aromatic N) is 1. The Labute approximate surface area is 180 Å². The lowest BCUT2D eigenvalue weighted by Crippen LogP contribution is -2.25. The summed E-state index contributed by atoms with van der Waals surface area (Å²) in [5, 5.41) is 2.48. The summed E-state index contributed by atoms with van der Waals surface area (Å²) in [5.41, 5.74) is 8.92. The van der Waals surface area contributed by atoms with Gasteiger partial charge < -0.3 is 4.30 Å². The first-order valence-electron chi connectivity index (χ1n) is 10.6. The quantitative estimate of drug-likeness (QED) is 0.320. The third kappa shape index (κ3) is 6.07. The number of rotatable bonds is 8. The summed E-state index contributed by atoms with van der Waals surface area (Å²) in [6.45, 7) is 8.83. The zero-order valence-electron chi connectivity index (χ0n) is 18.1. The number of benzene rings is 3. The lowest BCUT2D eigenvalue weighted by molar-refractivity contribution is 1.09. The van der Waals surface area contributed by atoms with Gasteiger partial charge >= 0.3 is 14.4 Å². The summed E-state index contributed by atoms with van der Waals surface area (Å²) in [7, 11) is 0. The Morgan fingerprint density at radius 2 is 1.55 bits per heavy atom. The van der Waals surface area contributed by atoms with Crippen molar-refractivity contribution in [2.24, 2.45) is 4.99 Å². The predicted molar refractivity (Wildman–Crippen MR) is 129 cm³/mol. The normalized spacial score (nSPS) is 11.0. The van der Waals surface area contributed by atoms with E-state index in [2.05, 4.69) is 104 Å². The SMILES string of the molecule is C[CH2][Al]([CH2]Cc1ccccc1C=Nc1ccc(C)cc1)[NH]c1c(C)cccc1C. The van der Waals surface area contributed by atoms with Gasteiger partial charge in [0.1, 0.15) is 0 Å². The molecular formula is C26H31AlN2. The van der Waals surface area contributed by atoms with Crippen molar-refractivity contribution >= 4 is 32.0 Å². The van der Waals surface area contributed by atoms with Crippen LogP contribution in [0.1, 0.15) is 34.7 Å². The van der Waals surface area contributed by atoms with Gasteiger partial charge in [0.05, 0.1) is 5.69 Å². The highest BCUT2D eigenvalue weighted by atomic mass is 27.2. The van der Waals surface area contributed by atoms with E-state index in [0.717, 1.165) is 12.1 Å². The summed E-state index contributed by atoms with van der Waals surface area (Å²) >= 11 is -1.07. The Bertz CT molecular complexity index is 940. The van der Waals surface area contributed by atoms with Crippen molar-refractivity contribution < 1.29 is 0 Å². The Hall–Kier alpha value is -2.34. The Balaban J connectivity index is 1.69. The molecule has 0 saturated heterocycles. The van der Waals surface area contributed by atoms with E-state index in [1.807, 2.05) is 6.21 Å². The van der Waals surface area contributed by atoms with Gasteiger partial charge in [0, 0.05) is 11.9 Å². The van der Waals surface area contributed by atoms with Crippen LogP contribution in [0, 0.1) is 20.8 Å². The standard InChI is InChI=1S/C16H16N.C8H10N.C2H5.Al/c1-3-14-6-4-5-7-15(14)12-17-16-10-8-13(2)9-11-16;1-6-4-3-5-7(2)8(6)9;1-2;/h4-12H,1,3H2,2H3;3-5,9H,1-2H3;1H2,2H3;/q;-1;;+1. The van der Waals surface area contributed by atoms with Gasteiger partial charge in [-0.25, -0.2) is 0 Å². The van der Waals surface area contributed by atoms with Crippen LogP contribution in [-0.2, 0) is 6.42 Å². The zero-order valence-corrected chi connectivity index (χ0v) is 19.2. The topological polar surface area (TPSA) is 24.4 Å². The van der Waals surface area contributed by atoms with Gasteiger partial charge in [-0.05, 0) is 61.6 Å². The second-order valence-electron chi connectivity index (χ2n) is 7.85. The highest BCUT2D eigenvalue weighted by Gasteiger charge is 2.18. The van der Waals surface area contributed by atoms with Gasteiger partial charge in [-0.1, -0.05) is 77.7 Å². The minimum absolute atomic E-state index is 1.00.